The zero-order valence-electron chi connectivity index (χ0n) is 15.4. The van der Waals surface area contributed by atoms with Crippen LogP contribution in [0, 0.1) is 0 Å². The van der Waals surface area contributed by atoms with E-state index in [0.717, 1.165) is 24.2 Å². The Morgan fingerprint density at radius 2 is 1.70 bits per heavy atom. The highest BCUT2D eigenvalue weighted by Gasteiger charge is 2.16. The molecule has 2 aromatic rings. The first-order chi connectivity index (χ1) is 13.2. The summed E-state index contributed by atoms with van der Waals surface area (Å²) in [6.07, 6.45) is 4.97. The Kier molecular flexibility index (Phi) is 6.30. The van der Waals surface area contributed by atoms with Gasteiger partial charge < -0.3 is 9.47 Å². The third-order valence-electron chi connectivity index (χ3n) is 4.58. The van der Waals surface area contributed by atoms with E-state index >= 15 is 0 Å². The summed E-state index contributed by atoms with van der Waals surface area (Å²) in [5, 5.41) is 0. The van der Waals surface area contributed by atoms with Crippen LogP contribution in [0.3, 0.4) is 0 Å². The highest BCUT2D eigenvalue weighted by Crippen LogP contribution is 2.24. The van der Waals surface area contributed by atoms with Crippen LogP contribution in [0.1, 0.15) is 41.6 Å². The molecule has 142 valence electrons. The summed E-state index contributed by atoms with van der Waals surface area (Å²) in [5.41, 5.74) is 6.06. The second-order valence-corrected chi connectivity index (χ2v) is 6.54. The molecule has 0 saturated heterocycles. The Morgan fingerprint density at radius 1 is 1.00 bits per heavy atom. The lowest BCUT2D eigenvalue weighted by Crippen LogP contribution is -2.42. The van der Waals surface area contributed by atoms with E-state index in [1.54, 1.807) is 37.4 Å². The van der Waals surface area contributed by atoms with Crippen LogP contribution >= 0.6 is 0 Å². The molecule has 0 heterocycles. The van der Waals surface area contributed by atoms with E-state index in [-0.39, 0.29) is 24.3 Å². The molecule has 27 heavy (non-hydrogen) atoms. The molecular formula is C21H24N2O4. The molecule has 1 saturated carbocycles. The SMILES string of the molecule is COc1ccccc1CC(=O)NNC(=O)c1ccc(OC2CCCC2)cc1. The van der Waals surface area contributed by atoms with Crippen molar-refractivity contribution in [1.29, 1.82) is 0 Å². The average molecular weight is 368 g/mol. The van der Waals surface area contributed by atoms with Crippen LogP contribution in [-0.2, 0) is 11.2 Å². The number of hydrogen-bond donors (Lipinski definition) is 2. The molecular weight excluding hydrogens is 344 g/mol. The van der Waals surface area contributed by atoms with Crippen LogP contribution in [0.2, 0.25) is 0 Å². The molecule has 6 nitrogen and oxygen atoms in total. The summed E-state index contributed by atoms with van der Waals surface area (Å²) in [6.45, 7) is 0. The Hall–Kier alpha value is -3.02. The summed E-state index contributed by atoms with van der Waals surface area (Å²) >= 11 is 0. The number of benzene rings is 2. The van der Waals surface area contributed by atoms with Crippen molar-refractivity contribution >= 4 is 11.8 Å². The van der Waals surface area contributed by atoms with Gasteiger partial charge in [0.1, 0.15) is 11.5 Å². The van der Waals surface area contributed by atoms with Gasteiger partial charge in [-0.25, -0.2) is 0 Å². The minimum absolute atomic E-state index is 0.110. The summed E-state index contributed by atoms with van der Waals surface area (Å²) in [6, 6.07) is 14.2. The molecule has 0 aliphatic heterocycles. The number of para-hydroxylation sites is 1. The largest absolute Gasteiger partial charge is 0.496 e. The van der Waals surface area contributed by atoms with Crippen LogP contribution in [0.15, 0.2) is 48.5 Å². The second-order valence-electron chi connectivity index (χ2n) is 6.54. The minimum Gasteiger partial charge on any atom is -0.496 e. The molecule has 0 bridgehead atoms. The molecule has 0 atom stereocenters. The van der Waals surface area contributed by atoms with E-state index in [1.807, 2.05) is 18.2 Å². The number of carbonyl (C=O) groups is 2. The highest BCUT2D eigenvalue weighted by atomic mass is 16.5. The Bertz CT molecular complexity index is 783. The van der Waals surface area contributed by atoms with Crippen molar-refractivity contribution in [3.05, 3.63) is 59.7 Å². The average Bonchev–Trinajstić information content (AvgIpc) is 3.20. The van der Waals surface area contributed by atoms with Gasteiger partial charge in [0.25, 0.3) is 5.91 Å². The summed E-state index contributed by atoms with van der Waals surface area (Å²) < 4.78 is 11.1. The van der Waals surface area contributed by atoms with Gasteiger partial charge in [0.2, 0.25) is 5.91 Å². The fourth-order valence-corrected chi connectivity index (χ4v) is 3.15. The van der Waals surface area contributed by atoms with Gasteiger partial charge in [-0.15, -0.1) is 0 Å². The standard InChI is InChI=1S/C21H24N2O4/c1-26-19-9-5-2-6-16(19)14-20(24)22-23-21(25)15-10-12-18(13-11-15)27-17-7-3-4-8-17/h2,5-6,9-13,17H,3-4,7-8,14H2,1H3,(H,22,24)(H,23,25). The molecule has 0 radical (unpaired) electrons. The number of ether oxygens (including phenoxy) is 2. The van der Waals surface area contributed by atoms with Gasteiger partial charge in [-0.05, 0) is 56.0 Å². The van der Waals surface area contributed by atoms with Crippen molar-refractivity contribution in [2.24, 2.45) is 0 Å². The summed E-state index contributed by atoms with van der Waals surface area (Å²) in [7, 11) is 1.55. The van der Waals surface area contributed by atoms with Crippen molar-refractivity contribution in [2.75, 3.05) is 7.11 Å². The molecule has 1 aliphatic rings. The van der Waals surface area contributed by atoms with Crippen molar-refractivity contribution in [2.45, 2.75) is 38.2 Å². The molecule has 2 aromatic carbocycles. The molecule has 1 aliphatic carbocycles. The fourth-order valence-electron chi connectivity index (χ4n) is 3.15. The van der Waals surface area contributed by atoms with Crippen molar-refractivity contribution in [3.63, 3.8) is 0 Å². The monoisotopic (exact) mass is 368 g/mol. The van der Waals surface area contributed by atoms with Crippen molar-refractivity contribution in [1.82, 2.24) is 10.9 Å². The Morgan fingerprint density at radius 3 is 2.41 bits per heavy atom. The number of hydrazine groups is 1. The molecule has 2 amide bonds. The Balaban J connectivity index is 1.49. The van der Waals surface area contributed by atoms with Crippen molar-refractivity contribution in [3.8, 4) is 11.5 Å². The zero-order valence-corrected chi connectivity index (χ0v) is 15.4. The first-order valence-electron chi connectivity index (χ1n) is 9.13. The van der Waals surface area contributed by atoms with Gasteiger partial charge in [0.05, 0.1) is 19.6 Å². The first-order valence-corrected chi connectivity index (χ1v) is 9.13. The van der Waals surface area contributed by atoms with Crippen LogP contribution < -0.4 is 20.3 Å². The van der Waals surface area contributed by atoms with E-state index in [4.69, 9.17) is 9.47 Å². The van der Waals surface area contributed by atoms with Crippen LogP contribution in [0.25, 0.3) is 0 Å². The Labute approximate surface area is 158 Å². The first kappa shape index (κ1) is 18.8. The number of carbonyl (C=O) groups excluding carboxylic acids is 2. The smallest absolute Gasteiger partial charge is 0.269 e. The molecule has 0 unspecified atom stereocenters. The molecule has 0 aromatic heterocycles. The zero-order chi connectivity index (χ0) is 19.1. The normalized spacial score (nSPS) is 13.8. The van der Waals surface area contributed by atoms with Crippen LogP contribution in [-0.4, -0.2) is 25.0 Å². The van der Waals surface area contributed by atoms with Crippen molar-refractivity contribution < 1.29 is 19.1 Å². The topological polar surface area (TPSA) is 76.7 Å². The maximum Gasteiger partial charge on any atom is 0.269 e. The number of methoxy groups -OCH3 is 1. The maximum absolute atomic E-state index is 12.2. The molecule has 3 rings (SSSR count). The van der Waals surface area contributed by atoms with Crippen LogP contribution in [0.5, 0.6) is 11.5 Å². The number of nitrogens with one attached hydrogen (secondary N) is 2. The lowest BCUT2D eigenvalue weighted by Gasteiger charge is -2.13. The third-order valence-corrected chi connectivity index (χ3v) is 4.58. The lowest BCUT2D eigenvalue weighted by molar-refractivity contribution is -0.121. The second kappa shape index (κ2) is 9.07. The van der Waals surface area contributed by atoms with E-state index in [9.17, 15) is 9.59 Å². The quantitative estimate of drug-likeness (QED) is 0.769. The van der Waals surface area contributed by atoms with E-state index < -0.39 is 0 Å². The lowest BCUT2D eigenvalue weighted by atomic mass is 10.1. The summed E-state index contributed by atoms with van der Waals surface area (Å²) in [5.74, 6) is 0.695. The van der Waals surface area contributed by atoms with Crippen LogP contribution in [0.4, 0.5) is 0 Å². The van der Waals surface area contributed by atoms with E-state index in [1.165, 1.54) is 12.8 Å². The highest BCUT2D eigenvalue weighted by molar-refractivity contribution is 5.95. The molecule has 6 heteroatoms. The van der Waals surface area contributed by atoms with E-state index in [2.05, 4.69) is 10.9 Å². The number of hydrogen-bond acceptors (Lipinski definition) is 4. The number of rotatable bonds is 6. The third kappa shape index (κ3) is 5.23. The minimum atomic E-state index is -0.379. The predicted octanol–water partition coefficient (Wildman–Crippen LogP) is 3.02. The van der Waals surface area contributed by atoms with Gasteiger partial charge in [0, 0.05) is 11.1 Å². The molecule has 1 fully saturated rings. The molecule has 0 spiro atoms. The van der Waals surface area contributed by atoms with Gasteiger partial charge >= 0.3 is 0 Å². The summed E-state index contributed by atoms with van der Waals surface area (Å²) in [4.78, 5) is 24.3. The van der Waals surface area contributed by atoms with Gasteiger partial charge in [0.15, 0.2) is 0 Å². The number of amides is 2. The van der Waals surface area contributed by atoms with Gasteiger partial charge in [-0.1, -0.05) is 18.2 Å². The van der Waals surface area contributed by atoms with E-state index in [0.29, 0.717) is 11.3 Å². The molecule has 2 N–H and O–H groups in total. The fraction of sp³-hybridized carbons (Fsp3) is 0.333. The van der Waals surface area contributed by atoms with Gasteiger partial charge in [-0.2, -0.15) is 0 Å². The predicted molar refractivity (Wildman–Crippen MR) is 102 cm³/mol. The van der Waals surface area contributed by atoms with Gasteiger partial charge in [-0.3, -0.25) is 20.4 Å². The maximum atomic E-state index is 12.2.